The molecular weight excluding hydrogens is 416 g/mol. The maximum atomic E-state index is 11.4. The van der Waals surface area contributed by atoms with E-state index in [0.717, 1.165) is 11.1 Å². The van der Waals surface area contributed by atoms with Crippen molar-refractivity contribution in [1.29, 1.82) is 0 Å². The molecule has 0 aromatic carbocycles. The molecule has 0 amide bonds. The summed E-state index contributed by atoms with van der Waals surface area (Å²) in [5.41, 5.74) is 1.43. The molecule has 0 saturated carbocycles. The van der Waals surface area contributed by atoms with Crippen molar-refractivity contribution in [1.82, 2.24) is 0 Å². The molecular formula is C22H26FeO6. The van der Waals surface area contributed by atoms with E-state index in [1.54, 1.807) is 24.3 Å². The molecule has 0 aliphatic heterocycles. The standard InChI is InChI=1S/2C11H14O3.Fe/c2*1-14-11(13)8-4-7-10(12)9-5-2-3-6-9;/h2*2-3,5-6,12H,4,7-8H2,1H3;/q;;+2/p-2. The van der Waals surface area contributed by atoms with Gasteiger partial charge in [-0.15, -0.1) is 11.5 Å². The molecule has 29 heavy (non-hydrogen) atoms. The van der Waals surface area contributed by atoms with E-state index in [2.05, 4.69) is 9.47 Å². The van der Waals surface area contributed by atoms with Crippen LogP contribution in [0.2, 0.25) is 0 Å². The number of methoxy groups -OCH3 is 2. The minimum absolute atomic E-state index is 0. The van der Waals surface area contributed by atoms with E-state index in [1.165, 1.54) is 14.2 Å². The molecule has 6 nitrogen and oxygen atoms in total. The average Bonchev–Trinajstić information content (AvgIpc) is 3.41. The van der Waals surface area contributed by atoms with Gasteiger partial charge in [0.25, 0.3) is 0 Å². The second-order valence-corrected chi connectivity index (χ2v) is 6.05. The Balaban J connectivity index is 0.000000523. The summed E-state index contributed by atoms with van der Waals surface area (Å²) in [6, 6.07) is 0. The maximum Gasteiger partial charge on any atom is 2.00 e. The van der Waals surface area contributed by atoms with Crippen LogP contribution in [0.15, 0.2) is 71.3 Å². The van der Waals surface area contributed by atoms with E-state index < -0.39 is 0 Å². The number of esters is 2. The van der Waals surface area contributed by atoms with Crippen LogP contribution in [0, 0.1) is 0 Å². The van der Waals surface area contributed by atoms with Crippen LogP contribution in [0.25, 0.3) is 0 Å². The SMILES string of the molecule is COC(=O)CCCC([O-])=C1C=CC=C1.COC(=O)CCCC([O-])=C1C=CC=C1.[Fe+2]. The van der Waals surface area contributed by atoms with Crippen molar-refractivity contribution in [3.05, 3.63) is 71.3 Å². The number of hydrogen-bond acceptors (Lipinski definition) is 6. The topological polar surface area (TPSA) is 98.7 Å². The minimum atomic E-state index is -0.264. The smallest absolute Gasteiger partial charge is 0.875 e. The minimum Gasteiger partial charge on any atom is -0.875 e. The Morgan fingerprint density at radius 3 is 1.28 bits per heavy atom. The number of rotatable bonds is 8. The van der Waals surface area contributed by atoms with Gasteiger partial charge in [-0.25, -0.2) is 0 Å². The van der Waals surface area contributed by atoms with Crippen LogP contribution in [-0.4, -0.2) is 26.2 Å². The number of ether oxygens (including phenoxy) is 2. The van der Waals surface area contributed by atoms with Gasteiger partial charge in [-0.2, -0.15) is 0 Å². The fourth-order valence-corrected chi connectivity index (χ4v) is 2.40. The van der Waals surface area contributed by atoms with Crippen molar-refractivity contribution in [3.63, 3.8) is 0 Å². The molecule has 2 aliphatic carbocycles. The van der Waals surface area contributed by atoms with Crippen molar-refractivity contribution in [3.8, 4) is 0 Å². The van der Waals surface area contributed by atoms with Crippen LogP contribution in [0.4, 0.5) is 0 Å². The molecule has 0 bridgehead atoms. The second kappa shape index (κ2) is 15.4. The summed E-state index contributed by atoms with van der Waals surface area (Å²) in [6.07, 6.45) is 16.9. The molecule has 0 saturated heterocycles. The van der Waals surface area contributed by atoms with Gasteiger partial charge >= 0.3 is 29.0 Å². The van der Waals surface area contributed by atoms with Crippen LogP contribution >= 0.6 is 0 Å². The maximum absolute atomic E-state index is 11.4. The Kier molecular flexibility index (Phi) is 14.1. The van der Waals surface area contributed by atoms with Gasteiger partial charge in [-0.1, -0.05) is 48.6 Å². The van der Waals surface area contributed by atoms with Crippen molar-refractivity contribution in [2.45, 2.75) is 38.5 Å². The summed E-state index contributed by atoms with van der Waals surface area (Å²) in [6.45, 7) is 0. The van der Waals surface area contributed by atoms with Gasteiger partial charge < -0.3 is 19.7 Å². The molecule has 2 rings (SSSR count). The first-order valence-corrected chi connectivity index (χ1v) is 9.11. The van der Waals surface area contributed by atoms with Gasteiger partial charge in [0.2, 0.25) is 0 Å². The van der Waals surface area contributed by atoms with Gasteiger partial charge in [0.05, 0.1) is 14.2 Å². The molecule has 0 spiro atoms. The molecule has 0 aromatic rings. The van der Waals surface area contributed by atoms with E-state index in [9.17, 15) is 19.8 Å². The molecule has 0 radical (unpaired) electrons. The fraction of sp³-hybridized carbons (Fsp3) is 0.364. The third-order valence-corrected chi connectivity index (χ3v) is 3.99. The Morgan fingerprint density at radius 1 is 0.690 bits per heavy atom. The Hall–Kier alpha value is -2.50. The first kappa shape index (κ1) is 26.5. The number of hydrogen-bond donors (Lipinski definition) is 0. The molecule has 0 heterocycles. The van der Waals surface area contributed by atoms with Crippen LogP contribution in [0.1, 0.15) is 38.5 Å². The van der Waals surface area contributed by atoms with Crippen molar-refractivity contribution >= 4 is 11.9 Å². The Bertz CT molecular complexity index is 636. The number of allylic oxidation sites excluding steroid dienone is 12. The molecule has 0 unspecified atom stereocenters. The average molecular weight is 442 g/mol. The fourth-order valence-electron chi connectivity index (χ4n) is 2.40. The zero-order valence-electron chi connectivity index (χ0n) is 16.7. The van der Waals surface area contributed by atoms with Crippen LogP contribution in [-0.2, 0) is 36.1 Å². The molecule has 158 valence electrons. The summed E-state index contributed by atoms with van der Waals surface area (Å²) in [5, 5.41) is 22.8. The summed E-state index contributed by atoms with van der Waals surface area (Å²) in [4.78, 5) is 21.5. The van der Waals surface area contributed by atoms with E-state index in [1.807, 2.05) is 24.3 Å². The Labute approximate surface area is 182 Å². The van der Waals surface area contributed by atoms with Crippen molar-refractivity contribution < 1.29 is 46.3 Å². The third-order valence-electron chi connectivity index (χ3n) is 3.99. The van der Waals surface area contributed by atoms with Gasteiger partial charge in [0, 0.05) is 12.8 Å². The predicted octanol–water partition coefficient (Wildman–Crippen LogP) is 2.14. The summed E-state index contributed by atoms with van der Waals surface area (Å²) in [5.74, 6) is -0.363. The molecule has 0 aromatic heterocycles. The first-order valence-electron chi connectivity index (χ1n) is 9.11. The van der Waals surface area contributed by atoms with Gasteiger partial charge in [0.1, 0.15) is 0 Å². The largest absolute Gasteiger partial charge is 2.00 e. The van der Waals surface area contributed by atoms with Crippen LogP contribution in [0.3, 0.4) is 0 Å². The normalized spacial score (nSPS) is 12.9. The van der Waals surface area contributed by atoms with Gasteiger partial charge in [-0.3, -0.25) is 9.59 Å². The summed E-state index contributed by atoms with van der Waals surface area (Å²) < 4.78 is 8.94. The molecule has 7 heteroatoms. The zero-order valence-corrected chi connectivity index (χ0v) is 17.8. The Morgan fingerprint density at radius 2 is 1.00 bits per heavy atom. The zero-order chi connectivity index (χ0) is 20.8. The number of carbonyl (C=O) groups excluding carboxylic acids is 2. The second-order valence-electron chi connectivity index (χ2n) is 6.05. The third kappa shape index (κ3) is 11.2. The molecule has 0 N–H and O–H groups in total. The monoisotopic (exact) mass is 442 g/mol. The van der Waals surface area contributed by atoms with Crippen molar-refractivity contribution in [2.24, 2.45) is 0 Å². The van der Waals surface area contributed by atoms with E-state index in [-0.39, 0.29) is 40.5 Å². The summed E-state index contributed by atoms with van der Waals surface area (Å²) >= 11 is 0. The number of carbonyl (C=O) groups is 2. The predicted molar refractivity (Wildman–Crippen MR) is 102 cm³/mol. The van der Waals surface area contributed by atoms with E-state index >= 15 is 0 Å². The summed E-state index contributed by atoms with van der Waals surface area (Å²) in [7, 11) is 2.70. The molecule has 2 aliphatic rings. The quantitative estimate of drug-likeness (QED) is 0.325. The van der Waals surface area contributed by atoms with Crippen LogP contribution in [0.5, 0.6) is 0 Å². The van der Waals surface area contributed by atoms with Gasteiger partial charge in [0.15, 0.2) is 0 Å². The van der Waals surface area contributed by atoms with E-state index in [4.69, 9.17) is 0 Å². The molecule has 0 atom stereocenters. The van der Waals surface area contributed by atoms with Crippen LogP contribution < -0.4 is 10.2 Å². The molecule has 0 fully saturated rings. The van der Waals surface area contributed by atoms with Gasteiger partial charge in [-0.05, 0) is 36.8 Å². The van der Waals surface area contributed by atoms with Crippen molar-refractivity contribution in [2.75, 3.05) is 14.2 Å². The van der Waals surface area contributed by atoms with E-state index in [0.29, 0.717) is 38.5 Å². The first-order chi connectivity index (χ1) is 13.5.